The molecule has 0 N–H and O–H groups in total. The minimum atomic E-state index is 0.231. The zero-order chi connectivity index (χ0) is 14.2. The number of rotatable bonds is 5. The highest BCUT2D eigenvalue weighted by Crippen LogP contribution is 2.23. The molecule has 1 aliphatic rings. The van der Waals surface area contributed by atoms with Crippen molar-refractivity contribution in [3.63, 3.8) is 0 Å². The Kier molecular flexibility index (Phi) is 6.19. The lowest BCUT2D eigenvalue weighted by atomic mass is 10.1. The van der Waals surface area contributed by atoms with E-state index in [1.807, 2.05) is 29.4 Å². The number of nitrogens with zero attached hydrogens (tertiary/aromatic N) is 1. The highest BCUT2D eigenvalue weighted by Gasteiger charge is 2.18. The van der Waals surface area contributed by atoms with Gasteiger partial charge in [-0.05, 0) is 37.5 Å². The molecule has 0 bridgehead atoms. The summed E-state index contributed by atoms with van der Waals surface area (Å²) in [5, 5.41) is 0. The number of amides is 1. The van der Waals surface area contributed by atoms with Crippen LogP contribution in [0.2, 0.25) is 0 Å². The molecule has 1 aromatic carbocycles. The molecule has 0 atom stereocenters. The van der Waals surface area contributed by atoms with Crippen LogP contribution in [0.3, 0.4) is 0 Å². The molecule has 0 saturated heterocycles. The topological polar surface area (TPSA) is 20.3 Å². The fourth-order valence-corrected chi connectivity index (χ4v) is 2.96. The molecule has 0 fully saturated rings. The van der Waals surface area contributed by atoms with Crippen molar-refractivity contribution in [2.24, 2.45) is 0 Å². The maximum Gasteiger partial charge on any atom is 0.237 e. The number of allylic oxidation sites excluding steroid dienone is 2. The van der Waals surface area contributed by atoms with Crippen LogP contribution in [0.1, 0.15) is 37.7 Å². The molecule has 108 valence electrons. The summed E-state index contributed by atoms with van der Waals surface area (Å²) in [6.45, 7) is 0.700. The highest BCUT2D eigenvalue weighted by atomic mass is 32.2. The van der Waals surface area contributed by atoms with Crippen LogP contribution in [0.5, 0.6) is 0 Å². The molecule has 1 aliphatic carbocycles. The minimum Gasteiger partial charge on any atom is -0.311 e. The molecule has 0 aliphatic heterocycles. The molecule has 0 spiro atoms. The van der Waals surface area contributed by atoms with E-state index in [0.29, 0.717) is 12.3 Å². The van der Waals surface area contributed by atoms with Crippen LogP contribution in [-0.4, -0.2) is 22.8 Å². The van der Waals surface area contributed by atoms with E-state index in [1.54, 1.807) is 11.8 Å². The Morgan fingerprint density at radius 3 is 2.75 bits per heavy atom. The normalized spacial score (nSPS) is 15.3. The van der Waals surface area contributed by atoms with Gasteiger partial charge in [0.25, 0.3) is 0 Å². The lowest BCUT2D eigenvalue weighted by Gasteiger charge is -2.25. The molecule has 1 aromatic rings. The third-order valence-electron chi connectivity index (χ3n) is 3.62. The summed E-state index contributed by atoms with van der Waals surface area (Å²) in [4.78, 5) is 14.4. The van der Waals surface area contributed by atoms with Gasteiger partial charge in [-0.25, -0.2) is 0 Å². The molecule has 1 amide bonds. The van der Waals surface area contributed by atoms with E-state index in [2.05, 4.69) is 18.2 Å². The fourth-order valence-electron chi connectivity index (χ4n) is 2.56. The molecule has 3 heteroatoms. The van der Waals surface area contributed by atoms with Gasteiger partial charge in [0.1, 0.15) is 0 Å². The van der Waals surface area contributed by atoms with Crippen LogP contribution in [0.15, 0.2) is 42.1 Å². The molecule has 20 heavy (non-hydrogen) atoms. The van der Waals surface area contributed by atoms with Gasteiger partial charge in [-0.15, -0.1) is 0 Å². The third-order valence-corrected chi connectivity index (χ3v) is 4.15. The summed E-state index contributed by atoms with van der Waals surface area (Å²) >= 11 is 1.60. The summed E-state index contributed by atoms with van der Waals surface area (Å²) in [5.74, 6) is 0.791. The smallest absolute Gasteiger partial charge is 0.237 e. The number of carbonyl (C=O) groups is 1. The Bertz CT molecular complexity index is 455. The standard InChI is InChI=1S/C17H23NOS/c1-20-14-17(19)18(13-15-9-5-4-6-10-15)16-11-7-2-3-8-12-16/h4-6,9-11H,2-3,7-8,12-14H2,1H3. The second-order valence-electron chi connectivity index (χ2n) is 5.19. The van der Waals surface area contributed by atoms with Gasteiger partial charge in [-0.1, -0.05) is 42.8 Å². The van der Waals surface area contributed by atoms with Crippen molar-refractivity contribution < 1.29 is 4.79 Å². The van der Waals surface area contributed by atoms with Gasteiger partial charge < -0.3 is 4.90 Å². The molecule has 0 aromatic heterocycles. The summed E-state index contributed by atoms with van der Waals surface area (Å²) in [5.41, 5.74) is 2.43. The largest absolute Gasteiger partial charge is 0.311 e. The Balaban J connectivity index is 2.15. The van der Waals surface area contributed by atoms with E-state index >= 15 is 0 Å². The summed E-state index contributed by atoms with van der Waals surface area (Å²) in [7, 11) is 0. The number of hydrogen-bond donors (Lipinski definition) is 0. The van der Waals surface area contributed by atoms with E-state index in [9.17, 15) is 4.79 Å². The molecule has 0 unspecified atom stereocenters. The summed E-state index contributed by atoms with van der Waals surface area (Å²) in [6, 6.07) is 10.3. The summed E-state index contributed by atoms with van der Waals surface area (Å²) in [6.07, 6.45) is 10.1. The average Bonchev–Trinajstić information content (AvgIpc) is 2.75. The summed E-state index contributed by atoms with van der Waals surface area (Å²) < 4.78 is 0. The molecule has 0 radical (unpaired) electrons. The fraction of sp³-hybridized carbons (Fsp3) is 0.471. The van der Waals surface area contributed by atoms with Gasteiger partial charge in [-0.3, -0.25) is 4.79 Å². The maximum absolute atomic E-state index is 12.4. The van der Waals surface area contributed by atoms with E-state index < -0.39 is 0 Å². The van der Waals surface area contributed by atoms with Gasteiger partial charge >= 0.3 is 0 Å². The van der Waals surface area contributed by atoms with Crippen LogP contribution in [0, 0.1) is 0 Å². The Morgan fingerprint density at radius 2 is 2.00 bits per heavy atom. The van der Waals surface area contributed by atoms with Gasteiger partial charge in [0, 0.05) is 5.70 Å². The predicted molar refractivity (Wildman–Crippen MR) is 86.5 cm³/mol. The van der Waals surface area contributed by atoms with Crippen molar-refractivity contribution >= 4 is 17.7 Å². The minimum absolute atomic E-state index is 0.231. The van der Waals surface area contributed by atoms with Gasteiger partial charge in [0.2, 0.25) is 5.91 Å². The second-order valence-corrected chi connectivity index (χ2v) is 6.06. The zero-order valence-corrected chi connectivity index (χ0v) is 13.0. The van der Waals surface area contributed by atoms with Crippen molar-refractivity contribution in [2.75, 3.05) is 12.0 Å². The average molecular weight is 289 g/mol. The SMILES string of the molecule is CSCC(=O)N(Cc1ccccc1)C1=CCCCCC1. The van der Waals surface area contributed by atoms with Gasteiger partial charge in [-0.2, -0.15) is 11.8 Å². The van der Waals surface area contributed by atoms with Crippen molar-refractivity contribution in [1.29, 1.82) is 0 Å². The lowest BCUT2D eigenvalue weighted by molar-refractivity contribution is -0.127. The van der Waals surface area contributed by atoms with Crippen LogP contribution < -0.4 is 0 Å². The van der Waals surface area contributed by atoms with Gasteiger partial charge in [0.15, 0.2) is 0 Å². The first-order chi connectivity index (χ1) is 9.81. The van der Waals surface area contributed by atoms with Crippen LogP contribution in [0.4, 0.5) is 0 Å². The quantitative estimate of drug-likeness (QED) is 0.808. The maximum atomic E-state index is 12.4. The van der Waals surface area contributed by atoms with E-state index in [1.165, 1.54) is 30.5 Å². The first kappa shape index (κ1) is 15.2. The van der Waals surface area contributed by atoms with E-state index in [0.717, 1.165) is 12.8 Å². The highest BCUT2D eigenvalue weighted by molar-refractivity contribution is 7.99. The van der Waals surface area contributed by atoms with Gasteiger partial charge in [0.05, 0.1) is 12.3 Å². The molecular formula is C17H23NOS. The third kappa shape index (κ3) is 4.41. The number of hydrogen-bond acceptors (Lipinski definition) is 2. The van der Waals surface area contributed by atoms with Crippen molar-refractivity contribution in [1.82, 2.24) is 4.90 Å². The number of carbonyl (C=O) groups excluding carboxylic acids is 1. The zero-order valence-electron chi connectivity index (χ0n) is 12.2. The first-order valence-electron chi connectivity index (χ1n) is 7.33. The van der Waals surface area contributed by atoms with E-state index in [-0.39, 0.29) is 5.91 Å². The lowest BCUT2D eigenvalue weighted by Crippen LogP contribution is -2.31. The molecule has 0 heterocycles. The second kappa shape index (κ2) is 8.15. The van der Waals surface area contributed by atoms with E-state index in [4.69, 9.17) is 0 Å². The Labute approximate surface area is 126 Å². The van der Waals surface area contributed by atoms with Crippen molar-refractivity contribution in [3.05, 3.63) is 47.7 Å². The van der Waals surface area contributed by atoms with Crippen LogP contribution in [-0.2, 0) is 11.3 Å². The molecule has 0 saturated carbocycles. The Hall–Kier alpha value is -1.22. The molecule has 2 nitrogen and oxygen atoms in total. The van der Waals surface area contributed by atoms with Crippen molar-refractivity contribution in [3.8, 4) is 0 Å². The van der Waals surface area contributed by atoms with Crippen LogP contribution in [0.25, 0.3) is 0 Å². The van der Waals surface area contributed by atoms with Crippen LogP contribution >= 0.6 is 11.8 Å². The first-order valence-corrected chi connectivity index (χ1v) is 8.73. The number of thioether (sulfide) groups is 1. The number of benzene rings is 1. The Morgan fingerprint density at radius 1 is 1.20 bits per heavy atom. The monoisotopic (exact) mass is 289 g/mol. The molecule has 2 rings (SSSR count). The predicted octanol–water partition coefficient (Wildman–Crippen LogP) is 4.23. The van der Waals surface area contributed by atoms with Crippen molar-refractivity contribution in [2.45, 2.75) is 38.6 Å². The molecular weight excluding hydrogens is 266 g/mol.